The molecule has 4 heterocycles. The van der Waals surface area contributed by atoms with E-state index < -0.39 is 0 Å². The second kappa shape index (κ2) is 4.27. The Bertz CT molecular complexity index is 740. The Morgan fingerprint density at radius 2 is 2.40 bits per heavy atom. The minimum atomic E-state index is -0.00392. The maximum atomic E-state index is 5.35. The number of imidazole rings is 1. The minimum absolute atomic E-state index is 0.00392. The van der Waals surface area contributed by atoms with Crippen LogP contribution in [-0.4, -0.2) is 29.9 Å². The van der Waals surface area contributed by atoms with Crippen LogP contribution < -0.4 is 5.32 Å². The standard InChI is InChI=1S/C12H13N7O/c1-19-3-2-7(17-19)11-16-12(20-18-11)9-4-8-10(5-13-9)15-6-14-8/h2-3,6,9,13H,4-5H2,1H3,(H,14,15). The van der Waals surface area contributed by atoms with E-state index in [-0.39, 0.29) is 6.04 Å². The third kappa shape index (κ3) is 1.81. The molecule has 0 amide bonds. The van der Waals surface area contributed by atoms with Crippen LogP contribution in [-0.2, 0) is 20.0 Å². The van der Waals surface area contributed by atoms with Crippen LogP contribution in [0.15, 0.2) is 23.1 Å². The van der Waals surface area contributed by atoms with Crippen molar-refractivity contribution in [2.75, 3.05) is 0 Å². The smallest absolute Gasteiger partial charge is 0.244 e. The van der Waals surface area contributed by atoms with E-state index in [0.29, 0.717) is 17.4 Å². The molecule has 0 aliphatic carbocycles. The zero-order valence-corrected chi connectivity index (χ0v) is 10.9. The Morgan fingerprint density at radius 3 is 3.25 bits per heavy atom. The van der Waals surface area contributed by atoms with Crippen LogP contribution in [0.5, 0.6) is 0 Å². The van der Waals surface area contributed by atoms with Crippen LogP contribution in [0.1, 0.15) is 23.3 Å². The first kappa shape index (κ1) is 11.4. The molecule has 4 rings (SSSR count). The molecular formula is C12H13N7O. The van der Waals surface area contributed by atoms with Gasteiger partial charge >= 0.3 is 0 Å². The number of fused-ring (bicyclic) bond motifs is 1. The Kier molecular flexibility index (Phi) is 2.43. The maximum Gasteiger partial charge on any atom is 0.244 e. The molecule has 1 atom stereocenters. The lowest BCUT2D eigenvalue weighted by molar-refractivity contribution is 0.319. The van der Waals surface area contributed by atoms with Crippen LogP contribution in [0.4, 0.5) is 0 Å². The molecular weight excluding hydrogens is 258 g/mol. The second-order valence-corrected chi connectivity index (χ2v) is 4.80. The van der Waals surface area contributed by atoms with E-state index >= 15 is 0 Å². The Labute approximate surface area is 114 Å². The van der Waals surface area contributed by atoms with Crippen molar-refractivity contribution >= 4 is 0 Å². The summed E-state index contributed by atoms with van der Waals surface area (Å²) >= 11 is 0. The van der Waals surface area contributed by atoms with E-state index in [2.05, 4.69) is 30.5 Å². The predicted molar refractivity (Wildman–Crippen MR) is 68.4 cm³/mol. The van der Waals surface area contributed by atoms with Gasteiger partial charge in [0.2, 0.25) is 11.7 Å². The lowest BCUT2D eigenvalue weighted by atomic mass is 10.1. The highest BCUT2D eigenvalue weighted by Gasteiger charge is 2.26. The van der Waals surface area contributed by atoms with Gasteiger partial charge in [-0.2, -0.15) is 10.1 Å². The Hall–Kier alpha value is -2.48. The number of nitrogens with zero attached hydrogens (tertiary/aromatic N) is 5. The van der Waals surface area contributed by atoms with Crippen molar-refractivity contribution in [1.82, 2.24) is 35.2 Å². The number of aromatic amines is 1. The van der Waals surface area contributed by atoms with Crippen molar-refractivity contribution in [2.45, 2.75) is 19.0 Å². The maximum absolute atomic E-state index is 5.35. The van der Waals surface area contributed by atoms with Gasteiger partial charge in [0.15, 0.2) is 0 Å². The summed E-state index contributed by atoms with van der Waals surface area (Å²) in [6, 6.07) is 1.85. The molecule has 2 N–H and O–H groups in total. The molecule has 3 aromatic rings. The molecule has 20 heavy (non-hydrogen) atoms. The molecule has 0 fully saturated rings. The van der Waals surface area contributed by atoms with Gasteiger partial charge in [-0.3, -0.25) is 10.00 Å². The number of H-pyrrole nitrogens is 1. The highest BCUT2D eigenvalue weighted by molar-refractivity contribution is 5.46. The summed E-state index contributed by atoms with van der Waals surface area (Å²) < 4.78 is 7.06. The van der Waals surface area contributed by atoms with E-state index in [1.807, 2.05) is 19.3 Å². The summed E-state index contributed by atoms with van der Waals surface area (Å²) in [7, 11) is 1.85. The molecule has 1 unspecified atom stereocenters. The molecule has 0 spiro atoms. The average Bonchev–Trinajstić information content (AvgIpc) is 3.17. The fourth-order valence-electron chi connectivity index (χ4n) is 2.36. The molecule has 8 heteroatoms. The second-order valence-electron chi connectivity index (χ2n) is 4.80. The van der Waals surface area contributed by atoms with Crippen molar-refractivity contribution in [3.8, 4) is 11.5 Å². The zero-order chi connectivity index (χ0) is 13.5. The number of aryl methyl sites for hydroxylation is 1. The lowest BCUT2D eigenvalue weighted by Crippen LogP contribution is -2.28. The summed E-state index contributed by atoms with van der Waals surface area (Å²) in [4.78, 5) is 11.8. The Balaban J connectivity index is 1.60. The number of hydrogen-bond acceptors (Lipinski definition) is 6. The predicted octanol–water partition coefficient (Wildman–Crippen LogP) is 0.580. The number of hydrogen-bond donors (Lipinski definition) is 2. The van der Waals surface area contributed by atoms with Gasteiger partial charge in [-0.05, 0) is 6.07 Å². The van der Waals surface area contributed by atoms with Gasteiger partial charge in [0.1, 0.15) is 5.69 Å². The number of aromatic nitrogens is 6. The zero-order valence-electron chi connectivity index (χ0n) is 10.9. The highest BCUT2D eigenvalue weighted by Crippen LogP contribution is 2.24. The first-order valence-corrected chi connectivity index (χ1v) is 6.38. The van der Waals surface area contributed by atoms with Crippen LogP contribution in [0.3, 0.4) is 0 Å². The number of rotatable bonds is 2. The van der Waals surface area contributed by atoms with Crippen molar-refractivity contribution in [1.29, 1.82) is 0 Å². The van der Waals surface area contributed by atoms with E-state index in [9.17, 15) is 0 Å². The van der Waals surface area contributed by atoms with Crippen molar-refractivity contribution in [2.24, 2.45) is 7.05 Å². The van der Waals surface area contributed by atoms with E-state index in [4.69, 9.17) is 4.52 Å². The minimum Gasteiger partial charge on any atom is -0.347 e. The molecule has 0 bridgehead atoms. The van der Waals surface area contributed by atoms with Gasteiger partial charge in [-0.15, -0.1) is 0 Å². The summed E-state index contributed by atoms with van der Waals surface area (Å²) in [6.07, 6.45) is 4.30. The van der Waals surface area contributed by atoms with Gasteiger partial charge in [-0.25, -0.2) is 4.98 Å². The van der Waals surface area contributed by atoms with E-state index in [1.165, 1.54) is 0 Å². The molecule has 102 valence electrons. The molecule has 8 nitrogen and oxygen atoms in total. The average molecular weight is 271 g/mol. The highest BCUT2D eigenvalue weighted by atomic mass is 16.5. The summed E-state index contributed by atoms with van der Waals surface area (Å²) in [6.45, 7) is 0.724. The summed E-state index contributed by atoms with van der Waals surface area (Å²) in [5, 5.41) is 11.6. The first-order valence-electron chi connectivity index (χ1n) is 6.38. The normalized spacial score (nSPS) is 18.1. The molecule has 1 aliphatic rings. The first-order chi connectivity index (χ1) is 9.79. The van der Waals surface area contributed by atoms with Crippen molar-refractivity contribution < 1.29 is 4.52 Å². The van der Waals surface area contributed by atoms with Crippen molar-refractivity contribution in [3.63, 3.8) is 0 Å². The van der Waals surface area contributed by atoms with Gasteiger partial charge in [0.05, 0.1) is 23.8 Å². The molecule has 1 aliphatic heterocycles. The molecule has 0 saturated carbocycles. The van der Waals surface area contributed by atoms with Crippen LogP contribution in [0.25, 0.3) is 11.5 Å². The van der Waals surface area contributed by atoms with Crippen molar-refractivity contribution in [3.05, 3.63) is 35.9 Å². The monoisotopic (exact) mass is 271 g/mol. The molecule has 0 radical (unpaired) electrons. The Morgan fingerprint density at radius 1 is 1.45 bits per heavy atom. The third-order valence-corrected chi connectivity index (χ3v) is 3.41. The fourth-order valence-corrected chi connectivity index (χ4v) is 2.36. The molecule has 0 saturated heterocycles. The van der Waals surface area contributed by atoms with E-state index in [1.54, 1.807) is 11.0 Å². The van der Waals surface area contributed by atoms with Gasteiger partial charge in [0, 0.05) is 26.2 Å². The fraction of sp³-hybridized carbons (Fsp3) is 0.333. The molecule has 0 aromatic carbocycles. The third-order valence-electron chi connectivity index (χ3n) is 3.41. The quantitative estimate of drug-likeness (QED) is 0.707. The van der Waals surface area contributed by atoms with Gasteiger partial charge in [0.25, 0.3) is 0 Å². The van der Waals surface area contributed by atoms with E-state index in [0.717, 1.165) is 24.4 Å². The molecule has 3 aromatic heterocycles. The van der Waals surface area contributed by atoms with Crippen LogP contribution in [0.2, 0.25) is 0 Å². The lowest BCUT2D eigenvalue weighted by Gasteiger charge is -2.19. The SMILES string of the molecule is Cn1ccc(-c2noc(C3Cc4nc[nH]c4CN3)n2)n1. The summed E-state index contributed by atoms with van der Waals surface area (Å²) in [5.41, 5.74) is 2.87. The summed E-state index contributed by atoms with van der Waals surface area (Å²) in [5.74, 6) is 1.08. The van der Waals surface area contributed by atoms with Crippen LogP contribution >= 0.6 is 0 Å². The topological polar surface area (TPSA) is 97.5 Å². The van der Waals surface area contributed by atoms with Gasteiger partial charge < -0.3 is 9.51 Å². The largest absolute Gasteiger partial charge is 0.347 e. The van der Waals surface area contributed by atoms with Gasteiger partial charge in [-0.1, -0.05) is 5.16 Å². The number of nitrogens with one attached hydrogen (secondary N) is 2. The van der Waals surface area contributed by atoms with Crippen LogP contribution in [0, 0.1) is 0 Å².